The molecule has 2 nitrogen and oxygen atoms in total. The van der Waals surface area contributed by atoms with E-state index < -0.39 is 70.4 Å². The number of ketones is 1. The first-order chi connectivity index (χ1) is 18.8. The lowest BCUT2D eigenvalue weighted by Gasteiger charge is -2.19. The molecule has 0 amide bonds. The van der Waals surface area contributed by atoms with Gasteiger partial charge >= 0.3 is 18.5 Å². The number of Topliss-reactive ketones (excluding diaryl/α,β-unsaturated/α-hetero) is 1. The van der Waals surface area contributed by atoms with E-state index in [4.69, 9.17) is 34.8 Å². The van der Waals surface area contributed by atoms with Crippen molar-refractivity contribution in [1.29, 1.82) is 0 Å². The SMILES string of the molecule is O=C(CNc1cccc(C(F)(F)F)c1)c1ccc(/C(F)=C/C(c2cc(Cl)c(Cl)c(Cl)c2)C(F)(F)F)cc1C(F)(F)F. The molecule has 1 atom stereocenters. The number of nitrogens with one attached hydrogen (secondary N) is 1. The van der Waals surface area contributed by atoms with E-state index in [0.29, 0.717) is 18.2 Å². The zero-order valence-electron chi connectivity index (χ0n) is 19.9. The summed E-state index contributed by atoms with van der Waals surface area (Å²) in [4.78, 5) is 12.6. The van der Waals surface area contributed by atoms with Gasteiger partial charge in [-0.1, -0.05) is 53.0 Å². The van der Waals surface area contributed by atoms with Crippen molar-refractivity contribution in [2.75, 3.05) is 11.9 Å². The molecule has 3 aromatic rings. The largest absolute Gasteiger partial charge is 0.417 e. The summed E-state index contributed by atoms with van der Waals surface area (Å²) in [6.45, 7) is -0.879. The van der Waals surface area contributed by atoms with Crippen molar-refractivity contribution >= 4 is 52.1 Å². The highest BCUT2D eigenvalue weighted by Crippen LogP contribution is 2.43. The van der Waals surface area contributed by atoms with Crippen LogP contribution < -0.4 is 5.32 Å². The van der Waals surface area contributed by atoms with Gasteiger partial charge in [-0.05, 0) is 48.0 Å². The molecule has 0 heterocycles. The van der Waals surface area contributed by atoms with Crippen molar-refractivity contribution in [3.05, 3.63) is 104 Å². The van der Waals surface area contributed by atoms with Crippen LogP contribution in [0.25, 0.3) is 5.83 Å². The summed E-state index contributed by atoms with van der Waals surface area (Å²) in [5, 5.41) is 1.27. The zero-order valence-corrected chi connectivity index (χ0v) is 22.1. The van der Waals surface area contributed by atoms with Crippen LogP contribution in [0.1, 0.15) is 38.5 Å². The Labute approximate surface area is 240 Å². The van der Waals surface area contributed by atoms with Crippen LogP contribution in [0.15, 0.2) is 60.7 Å². The van der Waals surface area contributed by atoms with Gasteiger partial charge in [-0.15, -0.1) is 0 Å². The monoisotopic (exact) mass is 651 g/mol. The first-order valence-corrected chi connectivity index (χ1v) is 12.2. The molecule has 220 valence electrons. The van der Waals surface area contributed by atoms with Crippen LogP contribution in [0, 0.1) is 0 Å². The molecular formula is C26H14Cl3F10NO. The Hall–Kier alpha value is -2.96. The number of halogens is 13. The number of allylic oxidation sites excluding steroid dienone is 1. The minimum Gasteiger partial charge on any atom is -0.378 e. The van der Waals surface area contributed by atoms with Gasteiger partial charge in [0.25, 0.3) is 0 Å². The average molecular weight is 653 g/mol. The molecule has 15 heteroatoms. The topological polar surface area (TPSA) is 29.1 Å². The number of rotatable bonds is 7. The fraction of sp³-hybridized carbons (Fsp3) is 0.192. The highest BCUT2D eigenvalue weighted by Gasteiger charge is 2.41. The summed E-state index contributed by atoms with van der Waals surface area (Å²) in [7, 11) is 0. The molecule has 0 aliphatic heterocycles. The van der Waals surface area contributed by atoms with Crippen LogP contribution in [0.3, 0.4) is 0 Å². The average Bonchev–Trinajstić information content (AvgIpc) is 2.86. The Kier molecular flexibility index (Phi) is 9.61. The van der Waals surface area contributed by atoms with Crippen molar-refractivity contribution in [2.24, 2.45) is 0 Å². The summed E-state index contributed by atoms with van der Waals surface area (Å²) in [5.41, 5.74) is -5.52. The molecule has 0 aliphatic rings. The van der Waals surface area contributed by atoms with Gasteiger partial charge in [0.15, 0.2) is 5.78 Å². The van der Waals surface area contributed by atoms with E-state index in [0.717, 1.165) is 30.3 Å². The first-order valence-electron chi connectivity index (χ1n) is 11.0. The van der Waals surface area contributed by atoms with Crippen LogP contribution in [-0.4, -0.2) is 18.5 Å². The van der Waals surface area contributed by atoms with E-state index in [1.165, 1.54) is 0 Å². The Morgan fingerprint density at radius 2 is 1.44 bits per heavy atom. The molecule has 3 rings (SSSR count). The van der Waals surface area contributed by atoms with E-state index in [1.54, 1.807) is 0 Å². The summed E-state index contributed by atoms with van der Waals surface area (Å²) >= 11 is 17.3. The molecule has 41 heavy (non-hydrogen) atoms. The fourth-order valence-corrected chi connectivity index (χ4v) is 4.24. The van der Waals surface area contributed by atoms with Crippen LogP contribution in [0.5, 0.6) is 0 Å². The molecule has 0 bridgehead atoms. The second-order valence-electron chi connectivity index (χ2n) is 8.45. The first kappa shape index (κ1) is 32.6. The number of hydrogen-bond donors (Lipinski definition) is 1. The van der Waals surface area contributed by atoms with Gasteiger partial charge < -0.3 is 5.32 Å². The Bertz CT molecular complexity index is 1460. The maximum absolute atomic E-state index is 15.0. The van der Waals surface area contributed by atoms with Gasteiger partial charge in [0.1, 0.15) is 11.7 Å². The van der Waals surface area contributed by atoms with E-state index >= 15 is 0 Å². The quantitative estimate of drug-likeness (QED) is 0.156. The van der Waals surface area contributed by atoms with Crippen molar-refractivity contribution in [3.8, 4) is 0 Å². The molecule has 1 N–H and O–H groups in total. The molecule has 0 saturated heterocycles. The molecule has 0 aliphatic carbocycles. The lowest BCUT2D eigenvalue weighted by molar-refractivity contribution is -0.140. The maximum Gasteiger partial charge on any atom is 0.417 e. The number of hydrogen-bond acceptors (Lipinski definition) is 2. The second kappa shape index (κ2) is 12.1. The third-order valence-corrected chi connectivity index (χ3v) is 6.77. The van der Waals surface area contributed by atoms with Gasteiger partial charge in [0, 0.05) is 16.8 Å². The highest BCUT2D eigenvalue weighted by atomic mass is 35.5. The van der Waals surface area contributed by atoms with Gasteiger partial charge in [-0.3, -0.25) is 4.79 Å². The molecule has 0 fully saturated rings. The van der Waals surface area contributed by atoms with Gasteiger partial charge in [0.05, 0.1) is 32.7 Å². The summed E-state index contributed by atoms with van der Waals surface area (Å²) in [6, 6.07) is 6.46. The van der Waals surface area contributed by atoms with Crippen molar-refractivity contribution in [2.45, 2.75) is 24.4 Å². The summed E-state index contributed by atoms with van der Waals surface area (Å²) in [6.07, 6.45) is -15.1. The van der Waals surface area contributed by atoms with Crippen molar-refractivity contribution in [1.82, 2.24) is 0 Å². The van der Waals surface area contributed by atoms with Crippen LogP contribution in [-0.2, 0) is 12.4 Å². The van der Waals surface area contributed by atoms with Gasteiger partial charge in [-0.25, -0.2) is 4.39 Å². The van der Waals surface area contributed by atoms with E-state index in [-0.39, 0.29) is 32.9 Å². The van der Waals surface area contributed by atoms with Crippen LogP contribution in [0.4, 0.5) is 49.6 Å². The number of benzene rings is 3. The van der Waals surface area contributed by atoms with E-state index in [2.05, 4.69) is 5.32 Å². The third-order valence-electron chi connectivity index (χ3n) is 5.58. The van der Waals surface area contributed by atoms with Crippen molar-refractivity contribution in [3.63, 3.8) is 0 Å². The Morgan fingerprint density at radius 3 is 1.98 bits per heavy atom. The summed E-state index contributed by atoms with van der Waals surface area (Å²) < 4.78 is 136. The lowest BCUT2D eigenvalue weighted by Crippen LogP contribution is -2.20. The van der Waals surface area contributed by atoms with Crippen LogP contribution >= 0.6 is 34.8 Å². The second-order valence-corrected chi connectivity index (χ2v) is 9.64. The molecule has 1 unspecified atom stereocenters. The fourth-order valence-electron chi connectivity index (χ4n) is 3.63. The molecule has 0 radical (unpaired) electrons. The van der Waals surface area contributed by atoms with Gasteiger partial charge in [-0.2, -0.15) is 39.5 Å². The van der Waals surface area contributed by atoms with Crippen LogP contribution in [0.2, 0.25) is 15.1 Å². The predicted octanol–water partition coefficient (Wildman–Crippen LogP) is 10.6. The van der Waals surface area contributed by atoms with Gasteiger partial charge in [0.2, 0.25) is 0 Å². The van der Waals surface area contributed by atoms with E-state index in [1.807, 2.05) is 0 Å². The number of carbonyl (C=O) groups is 1. The molecule has 0 saturated carbocycles. The van der Waals surface area contributed by atoms with Crippen molar-refractivity contribution < 1.29 is 48.7 Å². The predicted molar refractivity (Wildman–Crippen MR) is 135 cm³/mol. The number of anilines is 1. The molecule has 3 aromatic carbocycles. The maximum atomic E-state index is 15.0. The number of carbonyl (C=O) groups excluding carboxylic acids is 1. The smallest absolute Gasteiger partial charge is 0.378 e. The third kappa shape index (κ3) is 8.08. The number of alkyl halides is 9. The minimum absolute atomic E-state index is 0.0159. The molecular weight excluding hydrogens is 639 g/mol. The normalized spacial score (nSPS) is 13.7. The molecule has 0 spiro atoms. The Balaban J connectivity index is 1.96. The standard InChI is InChI=1S/C26H14Cl3F10NO/c27-19-7-13(8-20(28)23(19)29)17(25(34,35)36)10-21(30)12-4-5-16(18(6-12)26(37,38)39)22(41)11-40-15-3-1-2-14(9-15)24(31,32)33/h1-10,17,40H,11H2/b21-10-. The summed E-state index contributed by atoms with van der Waals surface area (Å²) in [5.74, 6) is -5.63. The molecule has 0 aromatic heterocycles. The highest BCUT2D eigenvalue weighted by molar-refractivity contribution is 6.48. The minimum atomic E-state index is -5.25. The Morgan fingerprint density at radius 1 is 0.829 bits per heavy atom. The van der Waals surface area contributed by atoms with E-state index in [9.17, 15) is 48.7 Å². The zero-order chi connectivity index (χ0) is 30.9. The lowest BCUT2D eigenvalue weighted by atomic mass is 9.95.